The maximum atomic E-state index is 12.4. The van der Waals surface area contributed by atoms with Crippen LogP contribution in [0.15, 0.2) is 21.6 Å². The monoisotopic (exact) mass is 287 g/mol. The molecule has 108 valence electrons. The third kappa shape index (κ3) is 3.17. The van der Waals surface area contributed by atoms with Gasteiger partial charge in [-0.1, -0.05) is 6.92 Å². The smallest absolute Gasteiger partial charge is 0.276 e. The van der Waals surface area contributed by atoms with Gasteiger partial charge in [-0.25, -0.2) is 8.42 Å². The van der Waals surface area contributed by atoms with E-state index in [1.807, 2.05) is 0 Å². The average Bonchev–Trinajstić information content (AvgIpc) is 2.89. The lowest BCUT2D eigenvalue weighted by Gasteiger charge is -2.33. The van der Waals surface area contributed by atoms with E-state index in [1.165, 1.54) is 10.4 Å². The Bertz CT molecular complexity index is 504. The summed E-state index contributed by atoms with van der Waals surface area (Å²) >= 11 is 0. The van der Waals surface area contributed by atoms with Crippen LogP contribution in [0, 0.1) is 0 Å². The van der Waals surface area contributed by atoms with Crippen LogP contribution >= 0.6 is 0 Å². The topological polar surface area (TPSA) is 79.8 Å². The molecule has 6 nitrogen and oxygen atoms in total. The molecule has 19 heavy (non-hydrogen) atoms. The Morgan fingerprint density at radius 2 is 1.95 bits per heavy atom. The lowest BCUT2D eigenvalue weighted by molar-refractivity contribution is 0.186. The summed E-state index contributed by atoms with van der Waals surface area (Å²) in [7, 11) is -3.51. The van der Waals surface area contributed by atoms with E-state index in [0.29, 0.717) is 18.8 Å². The van der Waals surface area contributed by atoms with Gasteiger partial charge in [-0.05, 0) is 25.1 Å². The van der Waals surface area contributed by atoms with Crippen molar-refractivity contribution < 1.29 is 12.8 Å². The van der Waals surface area contributed by atoms with Crippen LogP contribution in [0.5, 0.6) is 0 Å². The van der Waals surface area contributed by atoms with Gasteiger partial charge in [-0.15, -0.1) is 0 Å². The van der Waals surface area contributed by atoms with Gasteiger partial charge in [-0.2, -0.15) is 4.31 Å². The molecular weight excluding hydrogens is 266 g/mol. The first kappa shape index (κ1) is 14.5. The Morgan fingerprint density at radius 1 is 1.26 bits per heavy atom. The second-order valence-electron chi connectivity index (χ2n) is 4.67. The first-order valence-corrected chi connectivity index (χ1v) is 8.03. The Kier molecular flexibility index (Phi) is 4.62. The molecule has 0 saturated carbocycles. The third-order valence-corrected chi connectivity index (χ3v) is 5.08. The highest BCUT2D eigenvalue weighted by molar-refractivity contribution is 7.89. The zero-order valence-electron chi connectivity index (χ0n) is 11.2. The van der Waals surface area contributed by atoms with Crippen molar-refractivity contribution in [1.29, 1.82) is 0 Å². The molecule has 0 radical (unpaired) electrons. The molecule has 1 fully saturated rings. The molecule has 0 bridgehead atoms. The minimum atomic E-state index is -3.51. The van der Waals surface area contributed by atoms with Gasteiger partial charge < -0.3 is 15.1 Å². The van der Waals surface area contributed by atoms with Gasteiger partial charge in [0.05, 0.1) is 6.54 Å². The van der Waals surface area contributed by atoms with Crippen LogP contribution in [0.1, 0.15) is 19.1 Å². The summed E-state index contributed by atoms with van der Waals surface area (Å²) in [6.07, 6.45) is 1.09. The van der Waals surface area contributed by atoms with Gasteiger partial charge in [-0.3, -0.25) is 0 Å². The summed E-state index contributed by atoms with van der Waals surface area (Å²) < 4.78 is 31.4. The molecule has 1 aromatic heterocycles. The van der Waals surface area contributed by atoms with E-state index < -0.39 is 10.0 Å². The molecule has 2 heterocycles. The van der Waals surface area contributed by atoms with Crippen molar-refractivity contribution in [2.24, 2.45) is 5.73 Å². The summed E-state index contributed by atoms with van der Waals surface area (Å²) in [4.78, 5) is 2.28. The number of nitrogens with zero attached hydrogens (tertiary/aromatic N) is 2. The molecular formula is C12H21N3O3S. The number of hydrogen-bond donors (Lipinski definition) is 1. The zero-order valence-corrected chi connectivity index (χ0v) is 12.0. The molecule has 2 rings (SSSR count). The van der Waals surface area contributed by atoms with E-state index in [-0.39, 0.29) is 11.6 Å². The van der Waals surface area contributed by atoms with E-state index in [9.17, 15) is 8.42 Å². The molecule has 0 aromatic carbocycles. The van der Waals surface area contributed by atoms with Crippen LogP contribution in [-0.4, -0.2) is 50.3 Å². The van der Waals surface area contributed by atoms with Crippen molar-refractivity contribution in [3.63, 3.8) is 0 Å². The Labute approximate surface area is 114 Å². The second-order valence-corrected chi connectivity index (χ2v) is 6.54. The standard InChI is InChI=1S/C12H21N3O3S/c1-2-5-14-6-8-15(9-7-14)19(16,17)12-4-3-11(10-13)18-12/h3-4H,2,5-10,13H2,1H3. The quantitative estimate of drug-likeness (QED) is 0.851. The summed E-state index contributed by atoms with van der Waals surface area (Å²) in [6.45, 7) is 5.93. The SMILES string of the molecule is CCCN1CCN(S(=O)(=O)c2ccc(CN)o2)CC1. The van der Waals surface area contributed by atoms with Crippen LogP contribution in [0.3, 0.4) is 0 Å². The highest BCUT2D eigenvalue weighted by Gasteiger charge is 2.30. The van der Waals surface area contributed by atoms with Gasteiger partial charge in [0.1, 0.15) is 5.76 Å². The molecule has 1 aliphatic heterocycles. The second kappa shape index (κ2) is 6.04. The van der Waals surface area contributed by atoms with Gasteiger partial charge in [0.15, 0.2) is 0 Å². The molecule has 1 aromatic rings. The predicted molar refractivity (Wildman–Crippen MR) is 72.1 cm³/mol. The van der Waals surface area contributed by atoms with Gasteiger partial charge in [0.25, 0.3) is 10.0 Å². The molecule has 0 spiro atoms. The Morgan fingerprint density at radius 3 is 2.47 bits per heavy atom. The van der Waals surface area contributed by atoms with Crippen molar-refractivity contribution in [2.75, 3.05) is 32.7 Å². The van der Waals surface area contributed by atoms with E-state index in [0.717, 1.165) is 26.1 Å². The fourth-order valence-corrected chi connectivity index (χ4v) is 3.59. The van der Waals surface area contributed by atoms with E-state index in [1.54, 1.807) is 6.07 Å². The van der Waals surface area contributed by atoms with E-state index >= 15 is 0 Å². The van der Waals surface area contributed by atoms with Crippen molar-refractivity contribution in [1.82, 2.24) is 9.21 Å². The van der Waals surface area contributed by atoms with Gasteiger partial charge in [0, 0.05) is 26.2 Å². The highest BCUT2D eigenvalue weighted by atomic mass is 32.2. The van der Waals surface area contributed by atoms with Gasteiger partial charge in [0.2, 0.25) is 5.09 Å². The summed E-state index contributed by atoms with van der Waals surface area (Å²) in [5.74, 6) is 0.489. The van der Waals surface area contributed by atoms with Crippen LogP contribution < -0.4 is 5.73 Å². The molecule has 0 aliphatic carbocycles. The molecule has 7 heteroatoms. The maximum Gasteiger partial charge on any atom is 0.276 e. The number of nitrogens with two attached hydrogens (primary N) is 1. The molecule has 1 saturated heterocycles. The van der Waals surface area contributed by atoms with Crippen molar-refractivity contribution in [3.05, 3.63) is 17.9 Å². The number of sulfonamides is 1. The minimum Gasteiger partial charge on any atom is -0.447 e. The third-order valence-electron chi connectivity index (χ3n) is 3.30. The van der Waals surface area contributed by atoms with E-state index in [2.05, 4.69) is 11.8 Å². The van der Waals surface area contributed by atoms with Crippen LogP contribution in [-0.2, 0) is 16.6 Å². The summed E-state index contributed by atoms with van der Waals surface area (Å²) in [5.41, 5.74) is 5.43. The van der Waals surface area contributed by atoms with Gasteiger partial charge >= 0.3 is 0 Å². The first-order valence-electron chi connectivity index (χ1n) is 6.59. The Hall–Kier alpha value is -0.890. The molecule has 0 unspecified atom stereocenters. The number of piperazine rings is 1. The largest absolute Gasteiger partial charge is 0.447 e. The molecule has 2 N–H and O–H groups in total. The average molecular weight is 287 g/mol. The first-order chi connectivity index (χ1) is 9.07. The van der Waals surface area contributed by atoms with Crippen LogP contribution in [0.2, 0.25) is 0 Å². The molecule has 0 atom stereocenters. The van der Waals surface area contributed by atoms with Crippen molar-refractivity contribution in [3.8, 4) is 0 Å². The predicted octanol–water partition coefficient (Wildman–Crippen LogP) is 0.455. The fraction of sp³-hybridized carbons (Fsp3) is 0.667. The highest BCUT2D eigenvalue weighted by Crippen LogP contribution is 2.20. The number of rotatable bonds is 5. The molecule has 1 aliphatic rings. The normalized spacial score (nSPS) is 18.8. The fourth-order valence-electron chi connectivity index (χ4n) is 2.24. The lowest BCUT2D eigenvalue weighted by Crippen LogP contribution is -2.48. The molecule has 0 amide bonds. The van der Waals surface area contributed by atoms with Crippen LogP contribution in [0.25, 0.3) is 0 Å². The van der Waals surface area contributed by atoms with Crippen LogP contribution in [0.4, 0.5) is 0 Å². The van der Waals surface area contributed by atoms with Crippen molar-refractivity contribution >= 4 is 10.0 Å². The summed E-state index contributed by atoms with van der Waals surface area (Å²) in [6, 6.07) is 3.09. The number of furan rings is 1. The summed E-state index contributed by atoms with van der Waals surface area (Å²) in [5, 5.41) is -0.00288. The lowest BCUT2D eigenvalue weighted by atomic mass is 10.3. The number of hydrogen-bond acceptors (Lipinski definition) is 5. The van der Waals surface area contributed by atoms with E-state index in [4.69, 9.17) is 10.2 Å². The minimum absolute atomic E-state index is 0.00288. The zero-order chi connectivity index (χ0) is 13.9. The maximum absolute atomic E-state index is 12.4. The Balaban J connectivity index is 2.05. The van der Waals surface area contributed by atoms with Crippen molar-refractivity contribution in [2.45, 2.75) is 25.0 Å².